The molecule has 2 N–H and O–H groups in total. The number of hydrogen-bond donors (Lipinski definition) is 1. The van der Waals surface area contributed by atoms with E-state index in [-0.39, 0.29) is 0 Å². The summed E-state index contributed by atoms with van der Waals surface area (Å²) in [6.45, 7) is 3.92. The van der Waals surface area contributed by atoms with Gasteiger partial charge < -0.3 is 15.4 Å². The monoisotopic (exact) mass is 487 g/mol. The first-order valence-corrected chi connectivity index (χ1v) is 12.4. The number of aromatic nitrogens is 1. The molecule has 0 bridgehead atoms. The van der Waals surface area contributed by atoms with Crippen molar-refractivity contribution in [1.82, 2.24) is 9.88 Å². The van der Waals surface area contributed by atoms with Gasteiger partial charge in [-0.1, -0.05) is 18.2 Å². The minimum atomic E-state index is -0.940. The van der Waals surface area contributed by atoms with Gasteiger partial charge in [-0.05, 0) is 66.2 Å². The van der Waals surface area contributed by atoms with Gasteiger partial charge in [-0.3, -0.25) is 0 Å². The molecule has 2 aromatic carbocycles. The molecule has 6 nitrogen and oxygen atoms in total. The Balaban J connectivity index is 1.85. The molecule has 34 heavy (non-hydrogen) atoms. The number of carbonyl (C=O) groups is 1. The van der Waals surface area contributed by atoms with Crippen LogP contribution in [0.25, 0.3) is 21.3 Å². The first-order valence-electron chi connectivity index (χ1n) is 10.7. The van der Waals surface area contributed by atoms with Crippen LogP contribution in [-0.2, 0) is 10.3 Å². The van der Waals surface area contributed by atoms with E-state index in [4.69, 9.17) is 10.7 Å². The number of hydrogen-bond acceptors (Lipinski definition) is 6. The Morgan fingerprint density at radius 3 is 2.74 bits per heavy atom. The summed E-state index contributed by atoms with van der Waals surface area (Å²) in [5.41, 5.74) is 9.56. The van der Waals surface area contributed by atoms with E-state index in [1.807, 2.05) is 75.8 Å². The van der Waals surface area contributed by atoms with E-state index in [0.29, 0.717) is 11.5 Å². The second-order valence-corrected chi connectivity index (χ2v) is 10.6. The first-order chi connectivity index (χ1) is 16.2. The molecule has 4 rings (SSSR count). The van der Waals surface area contributed by atoms with Gasteiger partial charge in [0.15, 0.2) is 5.96 Å². The summed E-state index contributed by atoms with van der Waals surface area (Å²) in [5.74, 6) is -0.240. The molecular formula is C26H25N5OS2. The van der Waals surface area contributed by atoms with Crippen LogP contribution < -0.4 is 5.73 Å². The lowest BCUT2D eigenvalue weighted by molar-refractivity contribution is -0.110. The van der Waals surface area contributed by atoms with Crippen LogP contribution in [-0.4, -0.2) is 36.2 Å². The van der Waals surface area contributed by atoms with E-state index < -0.39 is 11.5 Å². The van der Waals surface area contributed by atoms with Gasteiger partial charge in [-0.2, -0.15) is 5.26 Å². The van der Waals surface area contributed by atoms with Crippen LogP contribution in [0, 0.1) is 18.3 Å². The number of guanidine groups is 1. The van der Waals surface area contributed by atoms with Crippen molar-refractivity contribution >= 4 is 45.1 Å². The highest BCUT2D eigenvalue weighted by molar-refractivity contribution is 7.18. The molecule has 172 valence electrons. The molecule has 2 aromatic heterocycles. The van der Waals surface area contributed by atoms with Crippen LogP contribution in [0.2, 0.25) is 0 Å². The molecular weight excluding hydrogens is 462 g/mol. The van der Waals surface area contributed by atoms with Crippen molar-refractivity contribution in [2.24, 2.45) is 10.7 Å². The summed E-state index contributed by atoms with van der Waals surface area (Å²) < 4.78 is 1.08. The number of nitrogens with two attached hydrogens (primary N) is 1. The molecule has 0 saturated heterocycles. The van der Waals surface area contributed by atoms with Gasteiger partial charge in [0, 0.05) is 19.0 Å². The van der Waals surface area contributed by atoms with Crippen LogP contribution in [0.5, 0.6) is 0 Å². The number of aryl methyl sites for hydroxylation is 1. The lowest BCUT2D eigenvalue weighted by Crippen LogP contribution is -2.37. The lowest BCUT2D eigenvalue weighted by Gasteiger charge is -2.32. The zero-order valence-corrected chi connectivity index (χ0v) is 21.1. The Labute approximate surface area is 207 Å². The number of carbonyl (C=O) groups excluding carboxylic acids is 1. The van der Waals surface area contributed by atoms with Crippen LogP contribution in [0.1, 0.15) is 33.9 Å². The van der Waals surface area contributed by atoms with Crippen LogP contribution in [0.4, 0.5) is 0 Å². The van der Waals surface area contributed by atoms with Crippen molar-refractivity contribution < 1.29 is 4.79 Å². The van der Waals surface area contributed by atoms with Crippen molar-refractivity contribution in [2.45, 2.75) is 25.3 Å². The van der Waals surface area contributed by atoms with E-state index in [2.05, 4.69) is 11.1 Å². The van der Waals surface area contributed by atoms with Crippen LogP contribution in [0.3, 0.4) is 0 Å². The second kappa shape index (κ2) is 9.37. The molecule has 8 heteroatoms. The fraction of sp³-hybridized carbons (Fsp3) is 0.231. The summed E-state index contributed by atoms with van der Waals surface area (Å²) >= 11 is 3.16. The lowest BCUT2D eigenvalue weighted by atomic mass is 9.80. The maximum Gasteiger partial charge on any atom is 0.191 e. The SMILES string of the molecule is Cc1nc2cc(C(C=O)C(C)(N=C(N)N(C)C)c3cc(-c4cccc(C#N)c4)cs3)ccc2s1. The Hall–Kier alpha value is -3.54. The largest absolute Gasteiger partial charge is 0.370 e. The third-order valence-electron chi connectivity index (χ3n) is 5.85. The molecule has 0 amide bonds. The number of nitriles is 1. The molecule has 0 aliphatic rings. The van der Waals surface area contributed by atoms with Crippen molar-refractivity contribution in [3.63, 3.8) is 0 Å². The number of benzene rings is 2. The van der Waals surface area contributed by atoms with Crippen molar-refractivity contribution in [3.8, 4) is 17.2 Å². The molecule has 2 atom stereocenters. The van der Waals surface area contributed by atoms with E-state index >= 15 is 0 Å². The van der Waals surface area contributed by atoms with E-state index in [0.717, 1.165) is 43.1 Å². The van der Waals surface area contributed by atoms with Gasteiger partial charge in [0.1, 0.15) is 11.8 Å². The van der Waals surface area contributed by atoms with Gasteiger partial charge in [0.2, 0.25) is 0 Å². The number of aliphatic imine (C=N–C) groups is 1. The molecule has 2 unspecified atom stereocenters. The molecule has 0 radical (unpaired) electrons. The number of aldehydes is 1. The zero-order valence-electron chi connectivity index (χ0n) is 19.4. The highest BCUT2D eigenvalue weighted by Crippen LogP contribution is 2.44. The van der Waals surface area contributed by atoms with E-state index in [1.54, 1.807) is 22.3 Å². The number of thiazole rings is 1. The fourth-order valence-electron chi connectivity index (χ4n) is 3.93. The Morgan fingerprint density at radius 2 is 2.03 bits per heavy atom. The summed E-state index contributed by atoms with van der Waals surface area (Å²) in [7, 11) is 3.65. The number of rotatable bonds is 6. The van der Waals surface area contributed by atoms with Gasteiger partial charge in [0.05, 0.1) is 32.8 Å². The van der Waals surface area contributed by atoms with Crippen molar-refractivity contribution in [1.29, 1.82) is 5.26 Å². The molecule has 0 aliphatic carbocycles. The summed E-state index contributed by atoms with van der Waals surface area (Å²) in [6.07, 6.45) is 0.947. The molecule has 0 aliphatic heterocycles. The average Bonchev–Trinajstić information content (AvgIpc) is 3.46. The smallest absolute Gasteiger partial charge is 0.191 e. The number of fused-ring (bicyclic) bond motifs is 1. The Morgan fingerprint density at radius 1 is 1.24 bits per heavy atom. The molecule has 2 heterocycles. The highest BCUT2D eigenvalue weighted by Gasteiger charge is 2.39. The van der Waals surface area contributed by atoms with Gasteiger partial charge >= 0.3 is 0 Å². The van der Waals surface area contributed by atoms with E-state index in [1.165, 1.54) is 11.3 Å². The zero-order chi connectivity index (χ0) is 24.5. The quantitative estimate of drug-likeness (QED) is 0.227. The minimum Gasteiger partial charge on any atom is -0.370 e. The molecule has 4 aromatic rings. The molecule has 0 spiro atoms. The molecule has 0 saturated carbocycles. The maximum absolute atomic E-state index is 12.6. The van der Waals surface area contributed by atoms with Crippen LogP contribution >= 0.6 is 22.7 Å². The first kappa shape index (κ1) is 23.6. The van der Waals surface area contributed by atoms with E-state index in [9.17, 15) is 10.1 Å². The highest BCUT2D eigenvalue weighted by atomic mass is 32.1. The standard InChI is InChI=1S/C26H25N5OS2/c1-16-29-22-11-19(8-9-23(22)34-16)21(14-32)26(2,30-25(28)31(3)4)24-12-20(15-33-24)18-7-5-6-17(10-18)13-27/h5-12,14-15,21H,1-4H3,(H2,28,30). The topological polar surface area (TPSA) is 95.4 Å². The average molecular weight is 488 g/mol. The fourth-order valence-corrected chi connectivity index (χ4v) is 5.80. The maximum atomic E-state index is 12.6. The third kappa shape index (κ3) is 4.45. The molecule has 0 fully saturated rings. The number of nitrogens with zero attached hydrogens (tertiary/aromatic N) is 4. The van der Waals surface area contributed by atoms with Crippen LogP contribution in [0.15, 0.2) is 58.9 Å². The van der Waals surface area contributed by atoms with Crippen molar-refractivity contribution in [3.05, 3.63) is 74.9 Å². The minimum absolute atomic E-state index is 0.335. The second-order valence-electron chi connectivity index (χ2n) is 8.48. The van der Waals surface area contributed by atoms with Gasteiger partial charge in [0.25, 0.3) is 0 Å². The number of thiophene rings is 1. The predicted octanol–water partition coefficient (Wildman–Crippen LogP) is 5.28. The summed E-state index contributed by atoms with van der Waals surface area (Å²) in [6, 6.07) is 17.7. The normalized spacial score (nSPS) is 14.4. The van der Waals surface area contributed by atoms with Gasteiger partial charge in [-0.15, -0.1) is 22.7 Å². The van der Waals surface area contributed by atoms with Gasteiger partial charge in [-0.25, -0.2) is 9.98 Å². The van der Waals surface area contributed by atoms with Crippen molar-refractivity contribution in [2.75, 3.05) is 14.1 Å². The third-order valence-corrected chi connectivity index (χ3v) is 7.96. The Bertz CT molecular complexity index is 1430. The summed E-state index contributed by atoms with van der Waals surface area (Å²) in [4.78, 5) is 24.7. The predicted molar refractivity (Wildman–Crippen MR) is 140 cm³/mol. The summed E-state index contributed by atoms with van der Waals surface area (Å²) in [5, 5.41) is 12.3. The Kier molecular flexibility index (Phi) is 6.51.